The van der Waals surface area contributed by atoms with Gasteiger partial charge in [0.15, 0.2) is 0 Å². The normalized spacial score (nSPS) is 0. The molecule has 0 aliphatic heterocycles. The Morgan fingerprint density at radius 1 is 1.00 bits per heavy atom. The molecule has 0 saturated heterocycles. The molecule has 4 heavy (non-hydrogen) atoms. The standard InChI is InChI=1S/Au.Cd.HTe.Zn/h;;1H;. The van der Waals surface area contributed by atoms with Crippen LogP contribution in [-0.4, -0.2) is 23.7 Å². The fraction of sp³-hybridized carbons (Fsp3) is 0. The van der Waals surface area contributed by atoms with Gasteiger partial charge in [0.1, 0.15) is 0 Å². The van der Waals surface area contributed by atoms with Crippen LogP contribution >= 0.6 is 0 Å². The van der Waals surface area contributed by atoms with Crippen LogP contribution in [0, 0.1) is 0 Å². The van der Waals surface area contributed by atoms with E-state index in [1.807, 2.05) is 0 Å². The van der Waals surface area contributed by atoms with E-state index >= 15 is 0 Å². The molecule has 0 heterocycles. The Kier molecular flexibility index (Phi) is 114. The first-order chi connectivity index (χ1) is 0. The maximum atomic E-state index is 0. The second-order valence-electron chi connectivity index (χ2n) is 0. The van der Waals surface area contributed by atoms with Gasteiger partial charge in [-0.25, -0.2) is 0 Å². The minimum Gasteiger partial charge on any atom is 0 e. The smallest absolute Gasteiger partial charge is 0 e. The van der Waals surface area contributed by atoms with Gasteiger partial charge in [-0.3, -0.25) is 0 Å². The first-order valence-electron chi connectivity index (χ1n) is 0. The van der Waals surface area contributed by atoms with E-state index in [4.69, 9.17) is 0 Å². The van der Waals surface area contributed by atoms with Crippen molar-refractivity contribution in [2.75, 3.05) is 0 Å². The van der Waals surface area contributed by atoms with Crippen LogP contribution in [0.5, 0.6) is 0 Å². The summed E-state index contributed by atoms with van der Waals surface area (Å²) in [6, 6.07) is 0. The fourth-order valence-corrected chi connectivity index (χ4v) is 0. The second-order valence-corrected chi connectivity index (χ2v) is 0. The Morgan fingerprint density at radius 3 is 1.00 bits per heavy atom. The molecule has 0 saturated carbocycles. The van der Waals surface area contributed by atoms with Crippen molar-refractivity contribution in [1.82, 2.24) is 0 Å². The SMILES string of the molecule is [Au].[Cd].[TeH].[Zn]. The first kappa shape index (κ1) is 27.6. The molecule has 0 aromatic heterocycles. The van der Waals surface area contributed by atoms with E-state index in [0.29, 0.717) is 0 Å². The summed E-state index contributed by atoms with van der Waals surface area (Å²) in [5.41, 5.74) is 0. The summed E-state index contributed by atoms with van der Waals surface area (Å²) in [6.07, 6.45) is 0. The van der Waals surface area contributed by atoms with Crippen molar-refractivity contribution in [1.29, 1.82) is 0 Å². The van der Waals surface area contributed by atoms with Crippen molar-refractivity contribution in [3.05, 3.63) is 0 Å². The molecule has 0 aliphatic carbocycles. The van der Waals surface area contributed by atoms with Crippen LogP contribution in [0.25, 0.3) is 0 Å². The van der Waals surface area contributed by atoms with E-state index in [2.05, 4.69) is 0 Å². The number of hydrogen-bond donors (Lipinski definition) is 0. The van der Waals surface area contributed by atoms with Crippen LogP contribution in [0.1, 0.15) is 0 Å². The van der Waals surface area contributed by atoms with E-state index in [1.54, 1.807) is 0 Å². The summed E-state index contributed by atoms with van der Waals surface area (Å²) in [6.45, 7) is 0. The Bertz CT molecular complexity index is 8.00. The molecule has 22 valence electrons. The van der Waals surface area contributed by atoms with Crippen molar-refractivity contribution in [3.63, 3.8) is 0 Å². The molecule has 0 spiro atoms. The van der Waals surface area contributed by atoms with Gasteiger partial charge in [0.05, 0.1) is 0 Å². The topological polar surface area (TPSA) is 0 Å². The van der Waals surface area contributed by atoms with Crippen molar-refractivity contribution in [2.24, 2.45) is 0 Å². The molecule has 2 radical (unpaired) electrons. The predicted molar refractivity (Wildman–Crippen MR) is 7.15 cm³/mol. The van der Waals surface area contributed by atoms with Gasteiger partial charge in [-0.1, -0.05) is 0 Å². The molecule has 0 fully saturated rings. The Morgan fingerprint density at radius 2 is 1.00 bits per heavy atom. The minimum absolute atomic E-state index is 0. The van der Waals surface area contributed by atoms with Crippen molar-refractivity contribution >= 4 is 23.7 Å². The summed E-state index contributed by atoms with van der Waals surface area (Å²) >= 11 is 0. The Balaban J connectivity index is 0. The minimum atomic E-state index is 0. The summed E-state index contributed by atoms with van der Waals surface area (Å²) in [4.78, 5) is 0. The van der Waals surface area contributed by atoms with E-state index in [-0.39, 0.29) is 92.8 Å². The summed E-state index contributed by atoms with van der Waals surface area (Å²) in [7, 11) is 0. The predicted octanol–water partition coefficient (Wildman–Crippen LogP) is -0.656. The average Bonchev–Trinajstić information content (AvgIpc) is 0. The molecule has 0 aliphatic rings. The maximum Gasteiger partial charge on any atom is 0 e. The largest absolute Gasteiger partial charge is 0 e. The van der Waals surface area contributed by atoms with Crippen LogP contribution in [0.4, 0.5) is 0 Å². The van der Waals surface area contributed by atoms with Crippen molar-refractivity contribution in [3.8, 4) is 0 Å². The summed E-state index contributed by atoms with van der Waals surface area (Å²) in [5.74, 6) is 0. The second kappa shape index (κ2) is 16.5. The Hall–Kier alpha value is 3.08. The average molecular weight is 503 g/mol. The monoisotopic (exact) mass is 506 g/mol. The van der Waals surface area contributed by atoms with Gasteiger partial charge in [0, 0.05) is 69.2 Å². The first-order valence-corrected chi connectivity index (χ1v) is 0. The van der Waals surface area contributed by atoms with Gasteiger partial charge in [0.2, 0.25) is 0 Å². The molecule has 0 bridgehead atoms. The molecule has 0 atom stereocenters. The third-order valence-corrected chi connectivity index (χ3v) is 0. The van der Waals surface area contributed by atoms with Gasteiger partial charge in [-0.15, -0.1) is 0 Å². The molecular formula is HAuCdTeZn. The molecule has 0 rings (SSSR count). The zero-order valence-electron chi connectivity index (χ0n) is 2.16. The number of hydrogen-bond acceptors (Lipinski definition) is 0. The van der Waals surface area contributed by atoms with Crippen LogP contribution in [0.2, 0.25) is 0 Å². The third kappa shape index (κ3) is 8.91. The fourth-order valence-electron chi connectivity index (χ4n) is 0. The molecule has 4 heteroatoms. The molecule has 0 aromatic rings. The molecule has 0 amide bonds. The van der Waals surface area contributed by atoms with Crippen LogP contribution < -0.4 is 0 Å². The zero-order valence-corrected chi connectivity index (χ0v) is 13.9. The van der Waals surface area contributed by atoms with E-state index in [1.165, 1.54) is 0 Å². The summed E-state index contributed by atoms with van der Waals surface area (Å²) < 4.78 is 0. The van der Waals surface area contributed by atoms with Gasteiger partial charge >= 0.3 is 23.7 Å². The molecule has 0 unspecified atom stereocenters. The van der Waals surface area contributed by atoms with Crippen LogP contribution in [0.3, 0.4) is 0 Å². The van der Waals surface area contributed by atoms with Gasteiger partial charge in [0.25, 0.3) is 0 Å². The van der Waals surface area contributed by atoms with Crippen LogP contribution in [0.15, 0.2) is 0 Å². The van der Waals surface area contributed by atoms with E-state index in [0.717, 1.165) is 0 Å². The molecular weight excluding hydrogens is 502 g/mol. The van der Waals surface area contributed by atoms with Crippen molar-refractivity contribution < 1.29 is 69.2 Å². The van der Waals surface area contributed by atoms with E-state index < -0.39 is 0 Å². The maximum absolute atomic E-state index is 0. The van der Waals surface area contributed by atoms with Crippen molar-refractivity contribution in [2.45, 2.75) is 0 Å². The third-order valence-electron chi connectivity index (χ3n) is 0. The molecule has 0 aromatic carbocycles. The van der Waals surface area contributed by atoms with Gasteiger partial charge in [-0.05, 0) is 0 Å². The quantitative estimate of drug-likeness (QED) is 0.386. The number of rotatable bonds is 0. The summed E-state index contributed by atoms with van der Waals surface area (Å²) in [5, 5.41) is 0. The van der Waals surface area contributed by atoms with E-state index in [9.17, 15) is 0 Å². The Labute approximate surface area is 91.0 Å². The molecule has 0 N–H and O–H groups in total. The zero-order chi connectivity index (χ0) is 0. The molecule has 0 nitrogen and oxygen atoms in total. The van der Waals surface area contributed by atoms with Crippen LogP contribution in [-0.2, 0) is 69.2 Å². The van der Waals surface area contributed by atoms with Gasteiger partial charge in [-0.2, -0.15) is 0 Å². The van der Waals surface area contributed by atoms with Gasteiger partial charge < -0.3 is 0 Å².